The van der Waals surface area contributed by atoms with Gasteiger partial charge >= 0.3 is 0 Å². The molecule has 2 aliphatic heterocycles. The number of ether oxygens (including phenoxy) is 3. The molecule has 0 aromatic heterocycles. The van der Waals surface area contributed by atoms with Crippen LogP contribution in [0.4, 0.5) is 0 Å². The van der Waals surface area contributed by atoms with Crippen molar-refractivity contribution >= 4 is 11.7 Å². The highest BCUT2D eigenvalue weighted by molar-refractivity contribution is 5.98. The van der Waals surface area contributed by atoms with Gasteiger partial charge in [-0.25, -0.2) is 0 Å². The standard InChI is InChI=1S/C21H22N2O5/c1-26-17-5-2-15(3-6-17)21(25)23-10-8-22(9-11-23)13-18(24)16-4-7-19-20(12-16)28-14-27-19/h2-7,12H,8-11,13-14H2,1H3. The Morgan fingerprint density at radius 3 is 2.32 bits per heavy atom. The fraction of sp³-hybridized carbons (Fsp3) is 0.333. The third kappa shape index (κ3) is 3.80. The van der Waals surface area contributed by atoms with Crippen LogP contribution in [0.5, 0.6) is 17.2 Å². The second kappa shape index (κ2) is 7.90. The zero-order valence-electron chi connectivity index (χ0n) is 15.7. The number of hydrogen-bond donors (Lipinski definition) is 0. The second-order valence-corrected chi connectivity index (χ2v) is 6.79. The van der Waals surface area contributed by atoms with Gasteiger partial charge in [0.2, 0.25) is 6.79 Å². The Labute approximate surface area is 163 Å². The highest BCUT2D eigenvalue weighted by atomic mass is 16.7. The maximum Gasteiger partial charge on any atom is 0.253 e. The first-order chi connectivity index (χ1) is 13.6. The molecule has 28 heavy (non-hydrogen) atoms. The molecule has 0 bridgehead atoms. The summed E-state index contributed by atoms with van der Waals surface area (Å²) < 4.78 is 15.7. The van der Waals surface area contributed by atoms with Crippen LogP contribution in [0.2, 0.25) is 0 Å². The molecule has 2 aromatic rings. The lowest BCUT2D eigenvalue weighted by atomic mass is 10.1. The van der Waals surface area contributed by atoms with Crippen molar-refractivity contribution in [1.29, 1.82) is 0 Å². The van der Waals surface area contributed by atoms with Gasteiger partial charge in [-0.3, -0.25) is 14.5 Å². The summed E-state index contributed by atoms with van der Waals surface area (Å²) in [6.07, 6.45) is 0. The average Bonchev–Trinajstić information content (AvgIpc) is 3.22. The van der Waals surface area contributed by atoms with Gasteiger partial charge in [-0.1, -0.05) is 0 Å². The summed E-state index contributed by atoms with van der Waals surface area (Å²) in [6.45, 7) is 3.04. The van der Waals surface area contributed by atoms with Crippen molar-refractivity contribution in [2.45, 2.75) is 0 Å². The van der Waals surface area contributed by atoms with Crippen molar-refractivity contribution in [1.82, 2.24) is 9.80 Å². The summed E-state index contributed by atoms with van der Waals surface area (Å²) in [7, 11) is 1.60. The van der Waals surface area contributed by atoms with Gasteiger partial charge in [-0.2, -0.15) is 0 Å². The molecule has 0 atom stereocenters. The molecule has 0 saturated carbocycles. The van der Waals surface area contributed by atoms with Crippen molar-refractivity contribution in [3.8, 4) is 17.2 Å². The molecule has 2 heterocycles. The number of rotatable bonds is 5. The second-order valence-electron chi connectivity index (χ2n) is 6.79. The number of benzene rings is 2. The topological polar surface area (TPSA) is 68.3 Å². The normalized spacial score (nSPS) is 16.1. The number of nitrogens with zero attached hydrogens (tertiary/aromatic N) is 2. The molecular formula is C21H22N2O5. The van der Waals surface area contributed by atoms with Gasteiger partial charge in [0.15, 0.2) is 17.3 Å². The average molecular weight is 382 g/mol. The van der Waals surface area contributed by atoms with E-state index in [2.05, 4.69) is 4.90 Å². The minimum absolute atomic E-state index is 0.00407. The number of hydrogen-bond acceptors (Lipinski definition) is 6. The number of ketones is 1. The van der Waals surface area contributed by atoms with Crippen molar-refractivity contribution < 1.29 is 23.8 Å². The molecule has 1 saturated heterocycles. The third-order valence-corrected chi connectivity index (χ3v) is 5.06. The molecule has 1 fully saturated rings. The van der Waals surface area contributed by atoms with E-state index >= 15 is 0 Å². The highest BCUT2D eigenvalue weighted by Crippen LogP contribution is 2.32. The molecule has 0 unspecified atom stereocenters. The van der Waals surface area contributed by atoms with Gasteiger partial charge in [-0.15, -0.1) is 0 Å². The van der Waals surface area contributed by atoms with Crippen LogP contribution in [-0.4, -0.2) is 68.1 Å². The van der Waals surface area contributed by atoms with Crippen LogP contribution < -0.4 is 14.2 Å². The molecule has 0 spiro atoms. The van der Waals surface area contributed by atoms with Gasteiger partial charge in [0.25, 0.3) is 5.91 Å². The summed E-state index contributed by atoms with van der Waals surface area (Å²) in [5, 5.41) is 0. The lowest BCUT2D eigenvalue weighted by molar-refractivity contribution is 0.0624. The minimum atomic E-state index is 0.00407. The lowest BCUT2D eigenvalue weighted by Gasteiger charge is -2.34. The van der Waals surface area contributed by atoms with Gasteiger partial charge in [0.05, 0.1) is 13.7 Å². The zero-order chi connectivity index (χ0) is 19.5. The monoisotopic (exact) mass is 382 g/mol. The molecular weight excluding hydrogens is 360 g/mol. The number of carbonyl (C=O) groups excluding carboxylic acids is 2. The Bertz CT molecular complexity index is 873. The Morgan fingerprint density at radius 2 is 1.61 bits per heavy atom. The van der Waals surface area contributed by atoms with E-state index in [-0.39, 0.29) is 18.5 Å². The molecule has 0 N–H and O–H groups in total. The number of Topliss-reactive ketones (excluding diaryl/α,β-unsaturated/α-hetero) is 1. The first-order valence-corrected chi connectivity index (χ1v) is 9.22. The SMILES string of the molecule is COc1ccc(C(=O)N2CCN(CC(=O)c3ccc4c(c3)OCO4)CC2)cc1. The van der Waals surface area contributed by atoms with Gasteiger partial charge < -0.3 is 19.1 Å². The van der Waals surface area contributed by atoms with E-state index in [1.54, 1.807) is 49.6 Å². The van der Waals surface area contributed by atoms with Gasteiger partial charge in [-0.05, 0) is 42.5 Å². The van der Waals surface area contributed by atoms with Crippen molar-refractivity contribution in [3.05, 3.63) is 53.6 Å². The molecule has 4 rings (SSSR count). The molecule has 7 nitrogen and oxygen atoms in total. The van der Waals surface area contributed by atoms with Crippen LogP contribution in [0.15, 0.2) is 42.5 Å². The first-order valence-electron chi connectivity index (χ1n) is 9.22. The molecule has 146 valence electrons. The van der Waals surface area contributed by atoms with Crippen LogP contribution in [-0.2, 0) is 0 Å². The smallest absolute Gasteiger partial charge is 0.253 e. The van der Waals surface area contributed by atoms with Crippen LogP contribution in [0.3, 0.4) is 0 Å². The summed E-state index contributed by atoms with van der Waals surface area (Å²) in [4.78, 5) is 29.1. The van der Waals surface area contributed by atoms with Gasteiger partial charge in [0.1, 0.15) is 5.75 Å². The molecule has 2 aliphatic rings. The van der Waals surface area contributed by atoms with E-state index in [0.717, 1.165) is 5.75 Å². The molecule has 0 radical (unpaired) electrons. The van der Waals surface area contributed by atoms with E-state index in [4.69, 9.17) is 14.2 Å². The van der Waals surface area contributed by atoms with E-state index in [9.17, 15) is 9.59 Å². The van der Waals surface area contributed by atoms with E-state index < -0.39 is 0 Å². The van der Waals surface area contributed by atoms with E-state index in [1.807, 2.05) is 4.90 Å². The summed E-state index contributed by atoms with van der Waals surface area (Å²) in [5.74, 6) is 2.05. The zero-order valence-corrected chi connectivity index (χ0v) is 15.7. The number of fused-ring (bicyclic) bond motifs is 1. The quantitative estimate of drug-likeness (QED) is 0.738. The highest BCUT2D eigenvalue weighted by Gasteiger charge is 2.24. The summed E-state index contributed by atoms with van der Waals surface area (Å²) >= 11 is 0. The maximum absolute atomic E-state index is 12.6. The third-order valence-electron chi connectivity index (χ3n) is 5.06. The Morgan fingerprint density at radius 1 is 0.929 bits per heavy atom. The predicted octanol–water partition coefficient (Wildman–Crippen LogP) is 2.06. The first kappa shape index (κ1) is 18.3. The van der Waals surface area contributed by atoms with Crippen LogP contribution in [0.25, 0.3) is 0 Å². The minimum Gasteiger partial charge on any atom is -0.497 e. The van der Waals surface area contributed by atoms with Crippen molar-refractivity contribution in [2.75, 3.05) is 46.6 Å². The van der Waals surface area contributed by atoms with Crippen molar-refractivity contribution in [3.63, 3.8) is 0 Å². The molecule has 2 aromatic carbocycles. The van der Waals surface area contributed by atoms with Crippen molar-refractivity contribution in [2.24, 2.45) is 0 Å². The Balaban J connectivity index is 1.31. The van der Waals surface area contributed by atoms with E-state index in [0.29, 0.717) is 55.3 Å². The number of amides is 1. The summed E-state index contributed by atoms with van der Waals surface area (Å²) in [5.41, 5.74) is 1.26. The van der Waals surface area contributed by atoms with Gasteiger partial charge in [0, 0.05) is 37.3 Å². The lowest BCUT2D eigenvalue weighted by Crippen LogP contribution is -2.49. The number of carbonyl (C=O) groups is 2. The molecule has 0 aliphatic carbocycles. The predicted molar refractivity (Wildman–Crippen MR) is 102 cm³/mol. The number of piperazine rings is 1. The summed E-state index contributed by atoms with van der Waals surface area (Å²) in [6, 6.07) is 12.4. The fourth-order valence-electron chi connectivity index (χ4n) is 3.39. The van der Waals surface area contributed by atoms with Crippen LogP contribution >= 0.6 is 0 Å². The number of methoxy groups -OCH3 is 1. The largest absolute Gasteiger partial charge is 0.497 e. The molecule has 1 amide bonds. The Kier molecular flexibility index (Phi) is 5.16. The van der Waals surface area contributed by atoms with E-state index in [1.165, 1.54) is 0 Å². The van der Waals surface area contributed by atoms with Crippen LogP contribution in [0, 0.1) is 0 Å². The Hall–Kier alpha value is -3.06. The molecule has 7 heteroatoms. The maximum atomic E-state index is 12.6. The fourth-order valence-corrected chi connectivity index (χ4v) is 3.39. The van der Waals surface area contributed by atoms with Crippen LogP contribution in [0.1, 0.15) is 20.7 Å².